The number of carbonyl (C=O) groups excluding carboxylic acids is 1. The minimum absolute atomic E-state index is 0.292. The van der Waals surface area contributed by atoms with Crippen LogP contribution in [0.25, 0.3) is 10.1 Å². The van der Waals surface area contributed by atoms with Crippen LogP contribution in [0, 0.1) is 5.82 Å². The molecule has 0 fully saturated rings. The van der Waals surface area contributed by atoms with Crippen LogP contribution in [0.2, 0.25) is 0 Å². The van der Waals surface area contributed by atoms with E-state index in [-0.39, 0.29) is 0 Å². The average molecular weight is 281 g/mol. The number of nitrogens with one attached hydrogen (secondary N) is 1. The summed E-state index contributed by atoms with van der Waals surface area (Å²) < 4.78 is 14.2. The van der Waals surface area contributed by atoms with Crippen molar-refractivity contribution in [3.05, 3.63) is 35.0 Å². The molecule has 4 nitrogen and oxygen atoms in total. The summed E-state index contributed by atoms with van der Waals surface area (Å²) in [5.74, 6) is -1.96. The molecule has 0 bridgehead atoms. The van der Waals surface area contributed by atoms with Gasteiger partial charge in [-0.25, -0.2) is 9.18 Å². The van der Waals surface area contributed by atoms with Crippen molar-refractivity contribution in [3.63, 3.8) is 0 Å². The standard InChI is InChI=1S/C13H12FNO3S/c1-2-9(13(17)18)15-12(16)11-6-7-8(14)4-3-5-10(7)19-11/h3-6,9H,2H2,1H3,(H,15,16)(H,17,18)/t9-/m0/s1. The Hall–Kier alpha value is -1.95. The van der Waals surface area contributed by atoms with Crippen LogP contribution in [0.3, 0.4) is 0 Å². The van der Waals surface area contributed by atoms with Gasteiger partial charge in [-0.1, -0.05) is 13.0 Å². The van der Waals surface area contributed by atoms with Gasteiger partial charge in [-0.3, -0.25) is 4.79 Å². The second kappa shape index (κ2) is 5.36. The first kappa shape index (κ1) is 13.5. The number of hydrogen-bond acceptors (Lipinski definition) is 3. The van der Waals surface area contributed by atoms with E-state index in [1.165, 1.54) is 12.1 Å². The second-order valence-electron chi connectivity index (χ2n) is 4.03. The summed E-state index contributed by atoms with van der Waals surface area (Å²) in [6, 6.07) is 5.13. The lowest BCUT2D eigenvalue weighted by Gasteiger charge is -2.10. The first-order valence-corrected chi connectivity index (χ1v) is 6.56. The number of amides is 1. The number of aliphatic carboxylic acids is 1. The van der Waals surface area contributed by atoms with Gasteiger partial charge in [0.1, 0.15) is 11.9 Å². The van der Waals surface area contributed by atoms with Gasteiger partial charge in [0.05, 0.1) is 4.88 Å². The minimum Gasteiger partial charge on any atom is -0.480 e. The quantitative estimate of drug-likeness (QED) is 0.905. The van der Waals surface area contributed by atoms with Crippen LogP contribution in [0.5, 0.6) is 0 Å². The topological polar surface area (TPSA) is 66.4 Å². The van der Waals surface area contributed by atoms with Crippen molar-refractivity contribution in [3.8, 4) is 0 Å². The van der Waals surface area contributed by atoms with E-state index in [0.717, 1.165) is 11.3 Å². The zero-order valence-corrected chi connectivity index (χ0v) is 11.0. The van der Waals surface area contributed by atoms with Crippen LogP contribution in [-0.2, 0) is 4.79 Å². The molecule has 2 rings (SSSR count). The fraction of sp³-hybridized carbons (Fsp3) is 0.231. The van der Waals surface area contributed by atoms with Gasteiger partial charge in [-0.2, -0.15) is 0 Å². The molecular formula is C13H12FNO3S. The van der Waals surface area contributed by atoms with Crippen molar-refractivity contribution in [2.45, 2.75) is 19.4 Å². The summed E-state index contributed by atoms with van der Waals surface area (Å²) in [6.45, 7) is 1.67. The summed E-state index contributed by atoms with van der Waals surface area (Å²) in [5.41, 5.74) is 0. The molecule has 0 aliphatic heterocycles. The highest BCUT2D eigenvalue weighted by Gasteiger charge is 2.20. The molecule has 0 saturated carbocycles. The number of carboxylic acids is 1. The first-order valence-electron chi connectivity index (χ1n) is 5.74. The highest BCUT2D eigenvalue weighted by Crippen LogP contribution is 2.27. The van der Waals surface area contributed by atoms with E-state index >= 15 is 0 Å². The fourth-order valence-corrected chi connectivity index (χ4v) is 2.68. The Morgan fingerprint density at radius 2 is 2.21 bits per heavy atom. The monoisotopic (exact) mass is 281 g/mol. The first-order chi connectivity index (χ1) is 9.02. The molecule has 1 aromatic heterocycles. The lowest BCUT2D eigenvalue weighted by atomic mass is 10.2. The molecule has 1 aromatic carbocycles. The number of halogens is 1. The Morgan fingerprint density at radius 3 is 2.79 bits per heavy atom. The molecule has 6 heteroatoms. The van der Waals surface area contributed by atoms with Gasteiger partial charge in [0.2, 0.25) is 0 Å². The molecule has 0 unspecified atom stereocenters. The highest BCUT2D eigenvalue weighted by atomic mass is 32.1. The van der Waals surface area contributed by atoms with E-state index in [1.54, 1.807) is 19.1 Å². The molecular weight excluding hydrogens is 269 g/mol. The predicted molar refractivity (Wildman–Crippen MR) is 71.0 cm³/mol. The summed E-state index contributed by atoms with van der Waals surface area (Å²) in [5, 5.41) is 11.7. The van der Waals surface area contributed by atoms with Crippen LogP contribution in [0.15, 0.2) is 24.3 Å². The third kappa shape index (κ3) is 2.73. The maximum Gasteiger partial charge on any atom is 0.326 e. The number of carbonyl (C=O) groups is 2. The van der Waals surface area contributed by atoms with Crippen LogP contribution < -0.4 is 5.32 Å². The number of carboxylic acid groups (broad SMARTS) is 1. The van der Waals surface area contributed by atoms with E-state index in [4.69, 9.17) is 5.11 Å². The molecule has 2 N–H and O–H groups in total. The summed E-state index contributed by atoms with van der Waals surface area (Å²) in [6.07, 6.45) is 0.292. The summed E-state index contributed by atoms with van der Waals surface area (Å²) in [7, 11) is 0. The molecule has 0 saturated heterocycles. The lowest BCUT2D eigenvalue weighted by Crippen LogP contribution is -2.39. The second-order valence-corrected chi connectivity index (χ2v) is 5.12. The van der Waals surface area contributed by atoms with Gasteiger partial charge in [0.15, 0.2) is 0 Å². The smallest absolute Gasteiger partial charge is 0.326 e. The molecule has 0 aliphatic rings. The maximum absolute atomic E-state index is 13.5. The number of thiophene rings is 1. The molecule has 1 atom stereocenters. The molecule has 0 spiro atoms. The molecule has 19 heavy (non-hydrogen) atoms. The Bertz CT molecular complexity index is 638. The van der Waals surface area contributed by atoms with E-state index in [0.29, 0.717) is 21.4 Å². The van der Waals surface area contributed by atoms with Crippen molar-refractivity contribution in [1.29, 1.82) is 0 Å². The Labute approximate surface area is 112 Å². The van der Waals surface area contributed by atoms with Crippen LogP contribution in [0.1, 0.15) is 23.0 Å². The van der Waals surface area contributed by atoms with Crippen LogP contribution >= 0.6 is 11.3 Å². The number of rotatable bonds is 4. The third-order valence-electron chi connectivity index (χ3n) is 2.74. The van der Waals surface area contributed by atoms with Crippen molar-refractivity contribution in [2.24, 2.45) is 0 Å². The normalized spacial score (nSPS) is 12.3. The fourth-order valence-electron chi connectivity index (χ4n) is 1.71. The molecule has 1 heterocycles. The van der Waals surface area contributed by atoms with E-state index in [9.17, 15) is 14.0 Å². The van der Waals surface area contributed by atoms with Crippen molar-refractivity contribution < 1.29 is 19.1 Å². The maximum atomic E-state index is 13.5. The molecule has 2 aromatic rings. The number of benzene rings is 1. The third-order valence-corrected chi connectivity index (χ3v) is 3.84. The highest BCUT2D eigenvalue weighted by molar-refractivity contribution is 7.20. The van der Waals surface area contributed by atoms with Crippen LogP contribution in [-0.4, -0.2) is 23.0 Å². The van der Waals surface area contributed by atoms with Gasteiger partial charge < -0.3 is 10.4 Å². The predicted octanol–water partition coefficient (Wildman–Crippen LogP) is 2.63. The SMILES string of the molecule is CC[C@H](NC(=O)c1cc2c(F)cccc2s1)C(=O)O. The van der Waals surface area contributed by atoms with Gasteiger partial charge >= 0.3 is 5.97 Å². The molecule has 100 valence electrons. The Kier molecular flexibility index (Phi) is 3.80. The summed E-state index contributed by atoms with van der Waals surface area (Å²) in [4.78, 5) is 23.1. The zero-order chi connectivity index (χ0) is 14.0. The Balaban J connectivity index is 2.27. The molecule has 0 aliphatic carbocycles. The van der Waals surface area contributed by atoms with Gasteiger partial charge in [0, 0.05) is 10.1 Å². The van der Waals surface area contributed by atoms with Crippen molar-refractivity contribution >= 4 is 33.3 Å². The van der Waals surface area contributed by atoms with Gasteiger partial charge in [-0.05, 0) is 24.6 Å². The van der Waals surface area contributed by atoms with Crippen molar-refractivity contribution in [2.75, 3.05) is 0 Å². The van der Waals surface area contributed by atoms with E-state index < -0.39 is 23.7 Å². The van der Waals surface area contributed by atoms with Gasteiger partial charge in [-0.15, -0.1) is 11.3 Å². The molecule has 0 radical (unpaired) electrons. The van der Waals surface area contributed by atoms with E-state index in [2.05, 4.69) is 5.32 Å². The van der Waals surface area contributed by atoms with Crippen molar-refractivity contribution in [1.82, 2.24) is 5.32 Å². The van der Waals surface area contributed by atoms with Crippen LogP contribution in [0.4, 0.5) is 4.39 Å². The largest absolute Gasteiger partial charge is 0.480 e. The summed E-state index contributed by atoms with van der Waals surface area (Å²) >= 11 is 1.14. The minimum atomic E-state index is -1.08. The zero-order valence-electron chi connectivity index (χ0n) is 10.1. The average Bonchev–Trinajstić information content (AvgIpc) is 2.80. The Morgan fingerprint density at radius 1 is 1.47 bits per heavy atom. The van der Waals surface area contributed by atoms with Gasteiger partial charge in [0.25, 0.3) is 5.91 Å². The molecule has 1 amide bonds. The number of fused-ring (bicyclic) bond motifs is 1. The lowest BCUT2D eigenvalue weighted by molar-refractivity contribution is -0.139. The van der Waals surface area contributed by atoms with E-state index in [1.807, 2.05) is 0 Å². The number of hydrogen-bond donors (Lipinski definition) is 2.